The van der Waals surface area contributed by atoms with Gasteiger partial charge in [0.2, 0.25) is 0 Å². The highest BCUT2D eigenvalue weighted by Crippen LogP contribution is 2.45. The number of unbranched alkanes of at least 4 members (excludes halogenated alkanes) is 2. The molecule has 0 aromatic heterocycles. The number of rotatable bonds is 10. The smallest absolute Gasteiger partial charge is 0.119 e. The van der Waals surface area contributed by atoms with Crippen molar-refractivity contribution in [2.24, 2.45) is 5.92 Å². The number of benzene rings is 2. The number of allylic oxidation sites excluding steroid dienone is 1. The van der Waals surface area contributed by atoms with Crippen molar-refractivity contribution in [1.82, 2.24) is 5.06 Å². The van der Waals surface area contributed by atoms with E-state index in [1.165, 1.54) is 9.97 Å². The number of hydroxylamine groups is 2. The molecule has 156 valence electrons. The summed E-state index contributed by atoms with van der Waals surface area (Å²) in [6.07, 6.45) is 3.09. The fourth-order valence-electron chi connectivity index (χ4n) is 3.25. The molecule has 2 aromatic rings. The number of nitrogens with zero attached hydrogens (tertiary/aromatic N) is 1. The Labute approximate surface area is 178 Å². The zero-order chi connectivity index (χ0) is 20.6. The molecular formula is C24H31NO3S. The van der Waals surface area contributed by atoms with Crippen LogP contribution < -0.4 is 9.47 Å². The van der Waals surface area contributed by atoms with Crippen molar-refractivity contribution < 1.29 is 14.7 Å². The maximum Gasteiger partial charge on any atom is 0.119 e. The van der Waals surface area contributed by atoms with Gasteiger partial charge in [0.25, 0.3) is 0 Å². The van der Waals surface area contributed by atoms with Gasteiger partial charge in [-0.25, -0.2) is 5.06 Å². The van der Waals surface area contributed by atoms with E-state index in [-0.39, 0.29) is 5.37 Å². The largest absolute Gasteiger partial charge is 0.494 e. The first-order valence-corrected chi connectivity index (χ1v) is 11.2. The topological polar surface area (TPSA) is 41.9 Å². The summed E-state index contributed by atoms with van der Waals surface area (Å²) in [5, 5.41) is 11.9. The van der Waals surface area contributed by atoms with Crippen LogP contribution in [-0.2, 0) is 0 Å². The first-order valence-electron chi connectivity index (χ1n) is 10.4. The summed E-state index contributed by atoms with van der Waals surface area (Å²) in [6, 6.07) is 18.0. The molecule has 0 aliphatic carbocycles. The van der Waals surface area contributed by atoms with Crippen molar-refractivity contribution in [2.45, 2.75) is 45.4 Å². The Kier molecular flexibility index (Phi) is 7.90. The van der Waals surface area contributed by atoms with Crippen molar-refractivity contribution in [2.75, 3.05) is 13.2 Å². The lowest BCUT2D eigenvalue weighted by Gasteiger charge is -2.19. The maximum absolute atomic E-state index is 10.4. The normalized spacial score (nSPS) is 16.6. The molecule has 0 amide bonds. The molecule has 1 heterocycles. The number of ether oxygens (including phenoxy) is 2. The lowest BCUT2D eigenvalue weighted by atomic mass is 10.1. The lowest BCUT2D eigenvalue weighted by molar-refractivity contribution is -0.0309. The van der Waals surface area contributed by atoms with E-state index in [1.807, 2.05) is 61.5 Å². The Balaban J connectivity index is 1.41. The van der Waals surface area contributed by atoms with Gasteiger partial charge in [-0.05, 0) is 68.5 Å². The fourth-order valence-corrected chi connectivity index (χ4v) is 4.42. The Hall–Kier alpha value is -2.11. The Morgan fingerprint density at radius 3 is 2.07 bits per heavy atom. The molecule has 5 heteroatoms. The highest BCUT2D eigenvalue weighted by Gasteiger charge is 2.30. The summed E-state index contributed by atoms with van der Waals surface area (Å²) in [5.74, 6) is 2.18. The molecule has 1 aliphatic heterocycles. The minimum absolute atomic E-state index is 0.0456. The predicted molar refractivity (Wildman–Crippen MR) is 120 cm³/mol. The van der Waals surface area contributed by atoms with Crippen molar-refractivity contribution in [3.63, 3.8) is 0 Å². The van der Waals surface area contributed by atoms with E-state index in [4.69, 9.17) is 9.47 Å². The van der Waals surface area contributed by atoms with Crippen molar-refractivity contribution in [3.05, 3.63) is 65.1 Å². The second-order valence-electron chi connectivity index (χ2n) is 7.52. The summed E-state index contributed by atoms with van der Waals surface area (Å²) in [5.41, 5.74) is 1.95. The van der Waals surface area contributed by atoms with Crippen LogP contribution in [0.25, 0.3) is 5.70 Å². The molecule has 29 heavy (non-hydrogen) atoms. The fraction of sp³-hybridized carbons (Fsp3) is 0.417. The van der Waals surface area contributed by atoms with Crippen LogP contribution in [0.1, 0.15) is 45.6 Å². The predicted octanol–water partition coefficient (Wildman–Crippen LogP) is 6.42. The molecule has 1 unspecified atom stereocenters. The zero-order valence-electron chi connectivity index (χ0n) is 17.5. The van der Waals surface area contributed by atoms with Crippen LogP contribution in [0.3, 0.4) is 0 Å². The quantitative estimate of drug-likeness (QED) is 0.455. The van der Waals surface area contributed by atoms with E-state index >= 15 is 0 Å². The molecule has 1 aliphatic rings. The van der Waals surface area contributed by atoms with Gasteiger partial charge in [0.1, 0.15) is 16.9 Å². The second kappa shape index (κ2) is 10.6. The molecule has 0 spiro atoms. The molecule has 2 aromatic carbocycles. The Morgan fingerprint density at radius 2 is 1.48 bits per heavy atom. The number of hydrogen-bond acceptors (Lipinski definition) is 5. The lowest BCUT2D eigenvalue weighted by Crippen LogP contribution is -2.20. The molecule has 4 nitrogen and oxygen atoms in total. The van der Waals surface area contributed by atoms with Crippen LogP contribution in [0.2, 0.25) is 0 Å². The van der Waals surface area contributed by atoms with Crippen molar-refractivity contribution >= 4 is 17.5 Å². The van der Waals surface area contributed by atoms with Crippen molar-refractivity contribution in [3.8, 4) is 11.5 Å². The van der Waals surface area contributed by atoms with Crippen molar-refractivity contribution in [1.29, 1.82) is 0 Å². The standard InChI is InChI=1S/C24H31NO3S/c1-18(2)24-23(25(26)19(3)29-24)20-12-14-22(15-13-20)28-17-9-5-8-16-27-21-10-6-4-7-11-21/h4,6-7,10-15,18-19,26H,5,8-9,16-17H2,1-3H3. The van der Waals surface area contributed by atoms with E-state index in [1.54, 1.807) is 11.8 Å². The molecule has 1 atom stereocenters. The van der Waals surface area contributed by atoms with E-state index < -0.39 is 0 Å². The molecule has 0 saturated heterocycles. The van der Waals surface area contributed by atoms with E-state index in [0.717, 1.165) is 48.6 Å². The molecule has 0 saturated carbocycles. The van der Waals surface area contributed by atoms with Crippen LogP contribution >= 0.6 is 11.8 Å². The van der Waals surface area contributed by atoms with Gasteiger partial charge in [-0.2, -0.15) is 0 Å². The summed E-state index contributed by atoms with van der Waals surface area (Å²) in [7, 11) is 0. The SMILES string of the molecule is CC(C)C1=C(c2ccc(OCCCCCOc3ccccc3)cc2)N(O)C(C)S1. The van der Waals surface area contributed by atoms with Gasteiger partial charge in [-0.15, -0.1) is 11.8 Å². The molecular weight excluding hydrogens is 382 g/mol. The van der Waals surface area contributed by atoms with Crippen LogP contribution in [0.4, 0.5) is 0 Å². The molecule has 0 bridgehead atoms. The number of para-hydroxylation sites is 1. The number of hydrogen-bond donors (Lipinski definition) is 1. The highest BCUT2D eigenvalue weighted by atomic mass is 32.2. The van der Waals surface area contributed by atoms with Crippen LogP contribution in [0.5, 0.6) is 11.5 Å². The van der Waals surface area contributed by atoms with Gasteiger partial charge in [0, 0.05) is 10.5 Å². The minimum Gasteiger partial charge on any atom is -0.494 e. The first kappa shape index (κ1) is 21.6. The van der Waals surface area contributed by atoms with Gasteiger partial charge < -0.3 is 9.47 Å². The molecule has 3 rings (SSSR count). The van der Waals surface area contributed by atoms with Gasteiger partial charge in [0.05, 0.1) is 18.9 Å². The molecule has 0 radical (unpaired) electrons. The average Bonchev–Trinajstić information content (AvgIpc) is 3.03. The van der Waals surface area contributed by atoms with Gasteiger partial charge in [-0.1, -0.05) is 32.0 Å². The average molecular weight is 414 g/mol. The van der Waals surface area contributed by atoms with E-state index in [9.17, 15) is 5.21 Å². The van der Waals surface area contributed by atoms with Gasteiger partial charge in [0.15, 0.2) is 0 Å². The first-order chi connectivity index (χ1) is 14.1. The summed E-state index contributed by atoms with van der Waals surface area (Å²) in [4.78, 5) is 1.23. The third-order valence-electron chi connectivity index (χ3n) is 4.83. The number of thioether (sulfide) groups is 1. The van der Waals surface area contributed by atoms with E-state index in [0.29, 0.717) is 12.5 Å². The maximum atomic E-state index is 10.4. The summed E-state index contributed by atoms with van der Waals surface area (Å²) in [6.45, 7) is 7.78. The van der Waals surface area contributed by atoms with Crippen LogP contribution in [-0.4, -0.2) is 28.9 Å². The minimum atomic E-state index is 0.0456. The second-order valence-corrected chi connectivity index (χ2v) is 8.88. The third-order valence-corrected chi connectivity index (χ3v) is 6.29. The molecule has 1 N–H and O–H groups in total. The third kappa shape index (κ3) is 5.94. The van der Waals surface area contributed by atoms with E-state index in [2.05, 4.69) is 13.8 Å². The highest BCUT2D eigenvalue weighted by molar-refractivity contribution is 8.04. The Bertz CT molecular complexity index is 790. The zero-order valence-corrected chi connectivity index (χ0v) is 18.3. The summed E-state index contributed by atoms with van der Waals surface area (Å²) >= 11 is 1.72. The van der Waals surface area contributed by atoms with Crippen LogP contribution in [0, 0.1) is 5.92 Å². The van der Waals surface area contributed by atoms with Gasteiger partial charge >= 0.3 is 0 Å². The monoisotopic (exact) mass is 413 g/mol. The van der Waals surface area contributed by atoms with Gasteiger partial charge in [-0.3, -0.25) is 5.21 Å². The Morgan fingerprint density at radius 1 is 0.897 bits per heavy atom. The summed E-state index contributed by atoms with van der Waals surface area (Å²) < 4.78 is 11.6. The van der Waals surface area contributed by atoms with Crippen LogP contribution in [0.15, 0.2) is 59.5 Å². The molecule has 0 fully saturated rings.